The van der Waals surface area contributed by atoms with E-state index in [9.17, 15) is 0 Å². The Hall–Kier alpha value is -0.910. The Morgan fingerprint density at radius 1 is 1.33 bits per heavy atom. The van der Waals surface area contributed by atoms with Gasteiger partial charge >= 0.3 is 10.4 Å². The van der Waals surface area contributed by atoms with E-state index in [0.29, 0.717) is 6.54 Å². The molecule has 0 aliphatic rings. The molecule has 9 heteroatoms. The van der Waals surface area contributed by atoms with Crippen molar-refractivity contribution in [2.75, 3.05) is 0 Å². The zero-order chi connectivity index (χ0) is 13.5. The van der Waals surface area contributed by atoms with E-state index >= 15 is 0 Å². The second kappa shape index (κ2) is 9.08. The molecule has 0 aliphatic heterocycles. The quantitative estimate of drug-likeness (QED) is 0.258. The van der Waals surface area contributed by atoms with Crippen LogP contribution in [0.1, 0.15) is 13.0 Å². The lowest BCUT2D eigenvalue weighted by atomic mass is 10.2. The summed E-state index contributed by atoms with van der Waals surface area (Å²) in [6, 6.07) is 8.06. The summed E-state index contributed by atoms with van der Waals surface area (Å²) in [5.74, 6) is 0.133. The van der Waals surface area contributed by atoms with Crippen molar-refractivity contribution in [1.29, 1.82) is 0 Å². The molecule has 0 saturated heterocycles. The highest BCUT2D eigenvalue weighted by atomic mass is 127. The van der Waals surface area contributed by atoms with Gasteiger partial charge in [-0.15, -0.1) is 0 Å². The molecular formula is C9H16IN3O4S. The summed E-state index contributed by atoms with van der Waals surface area (Å²) in [5, 5.41) is 0. The number of nitrogens with two attached hydrogens (primary N) is 2. The van der Waals surface area contributed by atoms with Crippen LogP contribution in [0.4, 0.5) is 0 Å². The SMILES string of the molecule is C.NC(N)=NCc1cccc(I)c1.O=S(=O)(O)O. The monoisotopic (exact) mass is 389 g/mol. The highest BCUT2D eigenvalue weighted by molar-refractivity contribution is 14.1. The van der Waals surface area contributed by atoms with Crippen LogP contribution < -0.4 is 11.5 Å². The van der Waals surface area contributed by atoms with E-state index in [4.69, 9.17) is 29.0 Å². The summed E-state index contributed by atoms with van der Waals surface area (Å²) in [4.78, 5) is 3.90. The number of guanidine groups is 1. The summed E-state index contributed by atoms with van der Waals surface area (Å²) in [7, 11) is -4.67. The lowest BCUT2D eigenvalue weighted by molar-refractivity contribution is 0.381. The minimum absolute atomic E-state index is 0. The number of benzene rings is 1. The van der Waals surface area contributed by atoms with Gasteiger partial charge in [-0.2, -0.15) is 8.42 Å². The molecule has 104 valence electrons. The zero-order valence-corrected chi connectivity index (χ0v) is 11.6. The van der Waals surface area contributed by atoms with Crippen molar-refractivity contribution in [2.45, 2.75) is 14.0 Å². The van der Waals surface area contributed by atoms with E-state index in [2.05, 4.69) is 27.6 Å². The molecule has 0 spiro atoms. The van der Waals surface area contributed by atoms with Crippen molar-refractivity contribution in [1.82, 2.24) is 0 Å². The molecule has 1 aromatic rings. The van der Waals surface area contributed by atoms with Gasteiger partial charge in [-0.05, 0) is 40.3 Å². The Balaban J connectivity index is 0. The van der Waals surface area contributed by atoms with Crippen LogP contribution >= 0.6 is 22.6 Å². The van der Waals surface area contributed by atoms with Gasteiger partial charge in [0.15, 0.2) is 5.96 Å². The van der Waals surface area contributed by atoms with Crippen molar-refractivity contribution in [3.05, 3.63) is 33.4 Å². The minimum Gasteiger partial charge on any atom is -0.370 e. The van der Waals surface area contributed by atoms with Crippen LogP contribution in [0.3, 0.4) is 0 Å². The predicted molar refractivity (Wildman–Crippen MR) is 79.6 cm³/mol. The molecule has 0 aromatic heterocycles. The van der Waals surface area contributed by atoms with E-state index < -0.39 is 10.4 Å². The van der Waals surface area contributed by atoms with E-state index in [-0.39, 0.29) is 13.4 Å². The van der Waals surface area contributed by atoms with E-state index in [1.54, 1.807) is 0 Å². The van der Waals surface area contributed by atoms with Crippen LogP contribution in [-0.2, 0) is 16.9 Å². The first-order valence-corrected chi connectivity index (χ1v) is 6.66. The van der Waals surface area contributed by atoms with Crippen LogP contribution in [0.2, 0.25) is 0 Å². The molecule has 0 bridgehead atoms. The van der Waals surface area contributed by atoms with Gasteiger partial charge in [0, 0.05) is 3.57 Å². The van der Waals surface area contributed by atoms with Gasteiger partial charge in [-0.1, -0.05) is 19.6 Å². The highest BCUT2D eigenvalue weighted by Crippen LogP contribution is 2.08. The minimum atomic E-state index is -4.67. The Bertz CT molecular complexity index is 478. The Kier molecular flexibility index (Phi) is 9.80. The van der Waals surface area contributed by atoms with Gasteiger partial charge in [-0.3, -0.25) is 9.11 Å². The van der Waals surface area contributed by atoms with Crippen LogP contribution in [-0.4, -0.2) is 23.5 Å². The van der Waals surface area contributed by atoms with Crippen molar-refractivity contribution in [3.8, 4) is 0 Å². The zero-order valence-electron chi connectivity index (χ0n) is 8.62. The second-order valence-electron chi connectivity index (χ2n) is 2.82. The fourth-order valence-electron chi connectivity index (χ4n) is 0.818. The molecule has 0 aliphatic carbocycles. The number of rotatable bonds is 2. The van der Waals surface area contributed by atoms with Crippen molar-refractivity contribution in [3.63, 3.8) is 0 Å². The molecule has 7 nitrogen and oxygen atoms in total. The first-order chi connectivity index (χ1) is 7.68. The van der Waals surface area contributed by atoms with E-state index in [0.717, 1.165) is 5.56 Å². The molecule has 18 heavy (non-hydrogen) atoms. The number of aliphatic imine (C=N–C) groups is 1. The normalized spacial score (nSPS) is 9.50. The smallest absolute Gasteiger partial charge is 0.370 e. The third-order valence-electron chi connectivity index (χ3n) is 1.33. The van der Waals surface area contributed by atoms with Crippen molar-refractivity contribution in [2.24, 2.45) is 16.5 Å². The Morgan fingerprint density at radius 3 is 2.22 bits per heavy atom. The topological polar surface area (TPSA) is 139 Å². The Labute approximate surface area is 120 Å². The average molecular weight is 389 g/mol. The maximum Gasteiger partial charge on any atom is 0.394 e. The van der Waals surface area contributed by atoms with Gasteiger partial charge in [-0.25, -0.2) is 4.99 Å². The molecule has 1 rings (SSSR count). The highest BCUT2D eigenvalue weighted by Gasteiger charge is 1.91. The van der Waals surface area contributed by atoms with Crippen LogP contribution in [0.25, 0.3) is 0 Å². The summed E-state index contributed by atoms with van der Waals surface area (Å²) >= 11 is 2.25. The third kappa shape index (κ3) is 15.1. The molecule has 0 unspecified atom stereocenters. The third-order valence-corrected chi connectivity index (χ3v) is 2.00. The number of nitrogens with zero attached hydrogens (tertiary/aromatic N) is 1. The molecule has 0 saturated carbocycles. The standard InChI is InChI=1S/C8H10IN3.CH4.H2O4S/c9-7-3-1-2-6(4-7)5-12-8(10)11;;1-5(2,3)4/h1-4H,5H2,(H4,10,11,12);1H4;(H2,1,2,3,4). The Morgan fingerprint density at radius 2 is 1.83 bits per heavy atom. The molecular weight excluding hydrogens is 373 g/mol. The molecule has 6 N–H and O–H groups in total. The fourth-order valence-corrected chi connectivity index (χ4v) is 1.43. The molecule has 1 aromatic carbocycles. The van der Waals surface area contributed by atoms with Gasteiger partial charge in [0.25, 0.3) is 0 Å². The van der Waals surface area contributed by atoms with Gasteiger partial charge in [0.1, 0.15) is 0 Å². The average Bonchev–Trinajstić information content (AvgIpc) is 2.12. The fraction of sp³-hybridized carbons (Fsp3) is 0.222. The maximum atomic E-state index is 8.74. The van der Waals surface area contributed by atoms with Crippen LogP contribution in [0.15, 0.2) is 29.3 Å². The van der Waals surface area contributed by atoms with Gasteiger partial charge < -0.3 is 11.5 Å². The summed E-state index contributed by atoms with van der Waals surface area (Å²) in [5.41, 5.74) is 11.5. The van der Waals surface area contributed by atoms with E-state index in [1.165, 1.54) is 3.57 Å². The van der Waals surface area contributed by atoms with Gasteiger partial charge in [0.05, 0.1) is 6.54 Å². The molecule has 0 heterocycles. The number of hydrogen-bond donors (Lipinski definition) is 4. The molecule has 0 fully saturated rings. The lowest BCUT2D eigenvalue weighted by Crippen LogP contribution is -2.22. The molecule has 0 radical (unpaired) electrons. The summed E-state index contributed by atoms with van der Waals surface area (Å²) in [6.07, 6.45) is 0. The van der Waals surface area contributed by atoms with Gasteiger partial charge in [0.2, 0.25) is 0 Å². The number of halogens is 1. The maximum absolute atomic E-state index is 8.74. The lowest BCUT2D eigenvalue weighted by Gasteiger charge is -1.97. The van der Waals surface area contributed by atoms with E-state index in [1.807, 2.05) is 24.3 Å². The molecule has 0 atom stereocenters. The largest absolute Gasteiger partial charge is 0.394 e. The first-order valence-electron chi connectivity index (χ1n) is 4.18. The summed E-state index contributed by atoms with van der Waals surface area (Å²) in [6.45, 7) is 0.555. The summed E-state index contributed by atoms with van der Waals surface area (Å²) < 4.78 is 32.8. The second-order valence-corrected chi connectivity index (χ2v) is 4.96. The van der Waals surface area contributed by atoms with Crippen molar-refractivity contribution >= 4 is 38.9 Å². The first kappa shape index (κ1) is 19.4. The van der Waals surface area contributed by atoms with Crippen LogP contribution in [0, 0.1) is 3.57 Å². The predicted octanol–water partition coefficient (Wildman–Crippen LogP) is 1.05. The number of hydrogen-bond acceptors (Lipinski definition) is 3. The molecule has 0 amide bonds. The van der Waals surface area contributed by atoms with Crippen LogP contribution in [0.5, 0.6) is 0 Å². The van der Waals surface area contributed by atoms with Crippen molar-refractivity contribution < 1.29 is 17.5 Å².